The number of amides is 1. The lowest BCUT2D eigenvalue weighted by molar-refractivity contribution is -0.137. The molecule has 0 aromatic heterocycles. The first-order valence-electron chi connectivity index (χ1n) is 11.5. The highest BCUT2D eigenvalue weighted by Gasteiger charge is 2.32. The Morgan fingerprint density at radius 1 is 1.24 bits per heavy atom. The minimum absolute atomic E-state index is 0.0556. The van der Waals surface area contributed by atoms with Gasteiger partial charge in [0.2, 0.25) is 5.91 Å². The number of piperidine rings is 1. The third-order valence-corrected chi connectivity index (χ3v) is 6.14. The third-order valence-electron chi connectivity index (χ3n) is 6.14. The molecule has 1 amide bonds. The average molecular weight is 476 g/mol. The zero-order valence-corrected chi connectivity index (χ0v) is 19.8. The molecular formula is C25H32F3N5O. The topological polar surface area (TPSA) is 51.5 Å². The van der Waals surface area contributed by atoms with Crippen LogP contribution < -0.4 is 0 Å². The largest absolute Gasteiger partial charge is 0.416 e. The second kappa shape index (κ2) is 10.9. The second-order valence-electron chi connectivity index (χ2n) is 8.86. The highest BCUT2D eigenvalue weighted by atomic mass is 19.4. The molecule has 2 saturated heterocycles. The lowest BCUT2D eigenvalue weighted by Crippen LogP contribution is -2.44. The Kier molecular flexibility index (Phi) is 8.17. The maximum Gasteiger partial charge on any atom is 0.416 e. The number of likely N-dealkylation sites (tertiary alicyclic amines) is 2. The van der Waals surface area contributed by atoms with Crippen molar-refractivity contribution in [1.82, 2.24) is 14.9 Å². The first-order valence-corrected chi connectivity index (χ1v) is 11.5. The quantitative estimate of drug-likeness (QED) is 0.298. The fraction of sp³-hybridized carbons (Fsp3) is 0.480. The van der Waals surface area contributed by atoms with Gasteiger partial charge in [0.15, 0.2) is 0 Å². The highest BCUT2D eigenvalue weighted by Crippen LogP contribution is 2.32. The van der Waals surface area contributed by atoms with Crippen LogP contribution in [0.15, 0.2) is 46.8 Å². The lowest BCUT2D eigenvalue weighted by atomic mass is 10.0. The molecule has 2 aliphatic heterocycles. The number of halogens is 3. The van der Waals surface area contributed by atoms with Crippen LogP contribution in [0.1, 0.15) is 56.2 Å². The summed E-state index contributed by atoms with van der Waals surface area (Å²) in [7, 11) is 0. The van der Waals surface area contributed by atoms with Gasteiger partial charge in [-0.3, -0.25) is 4.79 Å². The Balaban J connectivity index is 1.72. The molecule has 0 atom stereocenters. The van der Waals surface area contributed by atoms with Gasteiger partial charge in [-0.05, 0) is 62.4 Å². The second-order valence-corrected chi connectivity index (χ2v) is 8.86. The number of benzene rings is 1. The smallest absolute Gasteiger partial charge is 0.372 e. The van der Waals surface area contributed by atoms with Crippen LogP contribution in [0.4, 0.5) is 13.2 Å². The van der Waals surface area contributed by atoms with E-state index >= 15 is 0 Å². The van der Waals surface area contributed by atoms with Crippen LogP contribution >= 0.6 is 0 Å². The summed E-state index contributed by atoms with van der Waals surface area (Å²) in [6.07, 6.45) is 2.51. The van der Waals surface area contributed by atoms with Crippen molar-refractivity contribution in [2.24, 2.45) is 10.2 Å². The van der Waals surface area contributed by atoms with Crippen molar-refractivity contribution in [3.05, 3.63) is 53.2 Å². The van der Waals surface area contributed by atoms with E-state index in [1.807, 2.05) is 11.0 Å². The van der Waals surface area contributed by atoms with Gasteiger partial charge in [0, 0.05) is 50.2 Å². The Labute approximate surface area is 199 Å². The molecule has 34 heavy (non-hydrogen) atoms. The molecule has 1 aromatic rings. The molecule has 184 valence electrons. The molecular weight excluding hydrogens is 443 g/mol. The molecule has 0 bridgehead atoms. The van der Waals surface area contributed by atoms with Gasteiger partial charge in [-0.2, -0.15) is 28.5 Å². The number of carbonyl (C=O) groups excluding carboxylic acids is 1. The first-order chi connectivity index (χ1) is 16.1. The summed E-state index contributed by atoms with van der Waals surface area (Å²) in [5, 5.41) is 9.29. The van der Waals surface area contributed by atoms with E-state index < -0.39 is 11.7 Å². The van der Waals surface area contributed by atoms with Gasteiger partial charge >= 0.3 is 6.18 Å². The normalized spacial score (nSPS) is 17.4. The van der Waals surface area contributed by atoms with Crippen LogP contribution in [0.25, 0.3) is 6.08 Å². The summed E-state index contributed by atoms with van der Waals surface area (Å²) in [5.74, 6) is 0.248. The summed E-state index contributed by atoms with van der Waals surface area (Å²) >= 11 is 0. The number of carbonyl (C=O) groups is 1. The maximum absolute atomic E-state index is 13.3. The van der Waals surface area contributed by atoms with Gasteiger partial charge in [-0.1, -0.05) is 18.7 Å². The predicted molar refractivity (Wildman–Crippen MR) is 129 cm³/mol. The van der Waals surface area contributed by atoms with Crippen molar-refractivity contribution in [2.45, 2.75) is 58.3 Å². The Bertz CT molecular complexity index is 973. The maximum atomic E-state index is 13.3. The number of allylic oxidation sites excluding steroid dienone is 1. The molecule has 2 heterocycles. The molecule has 2 fully saturated rings. The van der Waals surface area contributed by atoms with Gasteiger partial charge in [-0.25, -0.2) is 0 Å². The molecule has 0 radical (unpaired) electrons. The Hall–Kier alpha value is -3.10. The monoisotopic (exact) mass is 475 g/mol. The van der Waals surface area contributed by atoms with E-state index in [1.165, 1.54) is 11.2 Å². The molecule has 0 spiro atoms. The zero-order valence-electron chi connectivity index (χ0n) is 19.8. The molecule has 2 aliphatic rings. The van der Waals surface area contributed by atoms with Crippen molar-refractivity contribution in [2.75, 3.05) is 19.6 Å². The molecule has 0 N–H and O–H groups in total. The lowest BCUT2D eigenvalue weighted by Gasteiger charge is -2.38. The van der Waals surface area contributed by atoms with E-state index in [-0.39, 0.29) is 18.5 Å². The molecule has 9 heteroatoms. The van der Waals surface area contributed by atoms with Crippen LogP contribution in [0.3, 0.4) is 0 Å². The minimum atomic E-state index is -4.45. The van der Waals surface area contributed by atoms with Crippen LogP contribution in [0.2, 0.25) is 0 Å². The van der Waals surface area contributed by atoms with Crippen molar-refractivity contribution in [3.8, 4) is 0 Å². The standard InChI is InChI=1S/C25H32F3N5O/c1-18(2)30-33(29-4)17-21-16-22(25(26,27)28)10-9-20(21)8-7-19(3)31-14-11-23(12-15-31)32-13-5-6-24(32)34/h7-10,16,23H,3-6,11-15,17H2,1-2H3/b8-7+. The van der Waals surface area contributed by atoms with Gasteiger partial charge in [0.05, 0.1) is 12.1 Å². The molecule has 3 rings (SSSR count). The van der Waals surface area contributed by atoms with Crippen molar-refractivity contribution in [1.29, 1.82) is 0 Å². The van der Waals surface area contributed by atoms with Gasteiger partial charge in [0.1, 0.15) is 0 Å². The van der Waals surface area contributed by atoms with E-state index in [2.05, 4.69) is 28.4 Å². The summed E-state index contributed by atoms with van der Waals surface area (Å²) in [5.41, 5.74) is 1.84. The van der Waals surface area contributed by atoms with Crippen molar-refractivity contribution >= 4 is 24.4 Å². The summed E-state index contributed by atoms with van der Waals surface area (Å²) in [6.45, 7) is 13.6. The molecule has 0 unspecified atom stereocenters. The van der Waals surface area contributed by atoms with Crippen molar-refractivity contribution < 1.29 is 18.0 Å². The number of rotatable bonds is 8. The number of hydrogen-bond donors (Lipinski definition) is 0. The highest BCUT2D eigenvalue weighted by molar-refractivity contribution is 5.79. The fourth-order valence-electron chi connectivity index (χ4n) is 4.39. The van der Waals surface area contributed by atoms with Gasteiger partial charge < -0.3 is 9.80 Å². The molecule has 6 nitrogen and oxygen atoms in total. The van der Waals surface area contributed by atoms with Crippen LogP contribution in [0, 0.1) is 0 Å². The third kappa shape index (κ3) is 6.48. The van der Waals surface area contributed by atoms with Crippen molar-refractivity contribution in [3.63, 3.8) is 0 Å². The van der Waals surface area contributed by atoms with Gasteiger partial charge in [-0.15, -0.1) is 0 Å². The number of hydrogen-bond acceptors (Lipinski definition) is 5. The number of alkyl halides is 3. The average Bonchev–Trinajstić information content (AvgIpc) is 3.22. The van der Waals surface area contributed by atoms with E-state index in [0.29, 0.717) is 23.3 Å². The Morgan fingerprint density at radius 2 is 1.94 bits per heavy atom. The van der Waals surface area contributed by atoms with Crippen LogP contribution in [0.5, 0.6) is 0 Å². The zero-order chi connectivity index (χ0) is 24.9. The first kappa shape index (κ1) is 25.5. The van der Waals surface area contributed by atoms with Crippen LogP contribution in [-0.2, 0) is 17.5 Å². The van der Waals surface area contributed by atoms with E-state index in [4.69, 9.17) is 0 Å². The summed E-state index contributed by atoms with van der Waals surface area (Å²) < 4.78 is 39.9. The van der Waals surface area contributed by atoms with E-state index in [0.717, 1.165) is 56.7 Å². The molecule has 0 saturated carbocycles. The predicted octanol–water partition coefficient (Wildman–Crippen LogP) is 5.13. The van der Waals surface area contributed by atoms with E-state index in [9.17, 15) is 18.0 Å². The van der Waals surface area contributed by atoms with E-state index in [1.54, 1.807) is 19.9 Å². The fourth-order valence-corrected chi connectivity index (χ4v) is 4.39. The minimum Gasteiger partial charge on any atom is -0.372 e. The number of nitrogens with zero attached hydrogens (tertiary/aromatic N) is 5. The number of hydrazone groups is 2. The molecule has 1 aromatic carbocycles. The Morgan fingerprint density at radius 3 is 2.50 bits per heavy atom. The van der Waals surface area contributed by atoms with Gasteiger partial charge in [0.25, 0.3) is 0 Å². The van der Waals surface area contributed by atoms with Crippen LogP contribution in [-0.4, -0.2) is 58.9 Å². The summed E-state index contributed by atoms with van der Waals surface area (Å²) in [6, 6.07) is 3.94. The molecule has 0 aliphatic carbocycles. The SMILES string of the molecule is C=NN(Cc1cc(C(F)(F)F)ccc1/C=C/C(=C)N1CCC(N2CCCC2=O)CC1)N=C(C)C. The summed E-state index contributed by atoms with van der Waals surface area (Å²) in [4.78, 5) is 16.2.